The van der Waals surface area contributed by atoms with E-state index in [1.807, 2.05) is 34.1 Å². The van der Waals surface area contributed by atoms with E-state index in [-0.39, 0.29) is 24.8 Å². The van der Waals surface area contributed by atoms with Gasteiger partial charge in [0.05, 0.1) is 39.7 Å². The summed E-state index contributed by atoms with van der Waals surface area (Å²) in [5, 5.41) is 2.71. The van der Waals surface area contributed by atoms with Crippen LogP contribution in [-0.4, -0.2) is 63.8 Å². The number of nitrogens with one attached hydrogen (secondary N) is 1. The number of rotatable bonds is 9. The molecule has 0 spiro atoms. The Morgan fingerprint density at radius 3 is 2.52 bits per heavy atom. The molecule has 0 radical (unpaired) electrons. The molecular weight excluding hydrogens is 296 g/mol. The standard InChI is InChI=1S/C17H26N2O4/c1-5-22-15-9-7-6-8-14(15)17(21)18-11-10-16(20)23-13-12-19(2,3)4/h6-9H,5,10-13H2,1-4H3/p+1. The van der Waals surface area contributed by atoms with Gasteiger partial charge in [-0.15, -0.1) is 0 Å². The summed E-state index contributed by atoms with van der Waals surface area (Å²) in [6.07, 6.45) is 0.152. The molecule has 0 atom stereocenters. The molecule has 0 aliphatic carbocycles. The SMILES string of the molecule is CCOc1ccccc1C(=O)NCCC(=O)OCC[N+](C)(C)C. The second kappa shape index (κ2) is 9.15. The van der Waals surface area contributed by atoms with Gasteiger partial charge in [-0.1, -0.05) is 12.1 Å². The Labute approximate surface area is 138 Å². The predicted octanol–water partition coefficient (Wildman–Crippen LogP) is 1.45. The highest BCUT2D eigenvalue weighted by molar-refractivity contribution is 5.97. The Morgan fingerprint density at radius 2 is 1.87 bits per heavy atom. The molecule has 0 saturated heterocycles. The molecule has 1 N–H and O–H groups in total. The van der Waals surface area contributed by atoms with E-state index in [9.17, 15) is 9.59 Å². The number of carbonyl (C=O) groups excluding carboxylic acids is 2. The van der Waals surface area contributed by atoms with E-state index in [0.29, 0.717) is 24.5 Å². The van der Waals surface area contributed by atoms with Crippen molar-refractivity contribution >= 4 is 11.9 Å². The number of likely N-dealkylation sites (N-methyl/N-ethyl adjacent to an activating group) is 1. The quantitative estimate of drug-likeness (QED) is 0.552. The molecule has 23 heavy (non-hydrogen) atoms. The summed E-state index contributed by atoms with van der Waals surface area (Å²) in [6, 6.07) is 7.03. The van der Waals surface area contributed by atoms with Crippen molar-refractivity contribution < 1.29 is 23.5 Å². The molecule has 1 amide bonds. The molecule has 0 aliphatic rings. The van der Waals surface area contributed by atoms with Gasteiger partial charge in [0, 0.05) is 6.54 Å². The molecular formula is C17H27N2O4+. The molecule has 0 heterocycles. The Balaban J connectivity index is 2.35. The molecule has 1 aromatic carbocycles. The van der Waals surface area contributed by atoms with E-state index in [0.717, 1.165) is 11.0 Å². The number of carbonyl (C=O) groups is 2. The smallest absolute Gasteiger partial charge is 0.307 e. The Bertz CT molecular complexity index is 524. The summed E-state index contributed by atoms with van der Waals surface area (Å²) >= 11 is 0. The Morgan fingerprint density at radius 1 is 1.17 bits per heavy atom. The Kier molecular flexibility index (Phi) is 7.54. The second-order valence-corrected chi connectivity index (χ2v) is 6.17. The fraction of sp³-hybridized carbons (Fsp3) is 0.529. The van der Waals surface area contributed by atoms with Crippen LogP contribution in [0.3, 0.4) is 0 Å². The molecule has 0 aromatic heterocycles. The van der Waals surface area contributed by atoms with Crippen LogP contribution < -0.4 is 10.1 Å². The Hall–Kier alpha value is -2.08. The molecule has 0 saturated carbocycles. The summed E-state index contributed by atoms with van der Waals surface area (Å²) < 4.78 is 11.3. The maximum Gasteiger partial charge on any atom is 0.307 e. The maximum atomic E-state index is 12.1. The fourth-order valence-corrected chi connectivity index (χ4v) is 1.81. The number of ether oxygens (including phenoxy) is 2. The van der Waals surface area contributed by atoms with Crippen LogP contribution in [-0.2, 0) is 9.53 Å². The summed E-state index contributed by atoms with van der Waals surface area (Å²) in [6.45, 7) is 3.72. The summed E-state index contributed by atoms with van der Waals surface area (Å²) in [5.41, 5.74) is 0.466. The molecule has 0 aliphatic heterocycles. The minimum absolute atomic E-state index is 0.152. The average Bonchev–Trinajstić information content (AvgIpc) is 2.46. The first-order valence-electron chi connectivity index (χ1n) is 7.79. The van der Waals surface area contributed by atoms with Crippen molar-refractivity contribution in [2.24, 2.45) is 0 Å². The average molecular weight is 323 g/mol. The first kappa shape index (κ1) is 19.0. The molecule has 1 aromatic rings. The molecule has 128 valence electrons. The van der Waals surface area contributed by atoms with Crippen LogP contribution in [0.5, 0.6) is 5.75 Å². The maximum absolute atomic E-state index is 12.1. The van der Waals surface area contributed by atoms with Gasteiger partial charge in [-0.25, -0.2) is 0 Å². The molecule has 6 nitrogen and oxygen atoms in total. The lowest BCUT2D eigenvalue weighted by molar-refractivity contribution is -0.870. The highest BCUT2D eigenvalue weighted by Gasteiger charge is 2.13. The summed E-state index contributed by atoms with van der Waals surface area (Å²) in [4.78, 5) is 23.7. The van der Waals surface area contributed by atoms with Gasteiger partial charge in [-0.2, -0.15) is 0 Å². The molecule has 1 rings (SSSR count). The molecule has 0 bridgehead atoms. The van der Waals surface area contributed by atoms with Crippen LogP contribution in [0.2, 0.25) is 0 Å². The van der Waals surface area contributed by atoms with E-state index >= 15 is 0 Å². The van der Waals surface area contributed by atoms with Crippen molar-refractivity contribution in [3.05, 3.63) is 29.8 Å². The van der Waals surface area contributed by atoms with E-state index in [2.05, 4.69) is 5.32 Å². The molecule has 6 heteroatoms. The topological polar surface area (TPSA) is 64.6 Å². The number of hydrogen-bond acceptors (Lipinski definition) is 4. The van der Waals surface area contributed by atoms with Gasteiger partial charge in [0.25, 0.3) is 5.91 Å². The summed E-state index contributed by atoms with van der Waals surface area (Å²) in [7, 11) is 6.09. The predicted molar refractivity (Wildman–Crippen MR) is 88.4 cm³/mol. The number of nitrogens with zero attached hydrogens (tertiary/aromatic N) is 1. The normalized spacial score (nSPS) is 11.0. The lowest BCUT2D eigenvalue weighted by Crippen LogP contribution is -2.38. The van der Waals surface area contributed by atoms with Crippen molar-refractivity contribution in [2.45, 2.75) is 13.3 Å². The van der Waals surface area contributed by atoms with Gasteiger partial charge >= 0.3 is 5.97 Å². The van der Waals surface area contributed by atoms with Gasteiger partial charge in [0.1, 0.15) is 18.9 Å². The number of para-hydroxylation sites is 1. The monoisotopic (exact) mass is 323 g/mol. The van der Waals surface area contributed by atoms with Crippen LogP contribution in [0.15, 0.2) is 24.3 Å². The third-order valence-electron chi connectivity index (χ3n) is 3.07. The number of esters is 1. The van der Waals surface area contributed by atoms with Gasteiger partial charge in [0.15, 0.2) is 0 Å². The van der Waals surface area contributed by atoms with Gasteiger partial charge in [0.2, 0.25) is 0 Å². The van der Waals surface area contributed by atoms with Gasteiger partial charge in [-0.3, -0.25) is 9.59 Å². The van der Waals surface area contributed by atoms with E-state index in [1.54, 1.807) is 18.2 Å². The number of amides is 1. The minimum atomic E-state index is -0.308. The molecule has 0 fully saturated rings. The van der Waals surface area contributed by atoms with Crippen molar-refractivity contribution in [3.63, 3.8) is 0 Å². The zero-order valence-electron chi connectivity index (χ0n) is 14.4. The van der Waals surface area contributed by atoms with Gasteiger partial charge < -0.3 is 19.3 Å². The molecule has 0 unspecified atom stereocenters. The number of benzene rings is 1. The first-order valence-corrected chi connectivity index (χ1v) is 7.79. The van der Waals surface area contributed by atoms with Crippen molar-refractivity contribution in [1.82, 2.24) is 5.32 Å². The van der Waals surface area contributed by atoms with Crippen molar-refractivity contribution in [1.29, 1.82) is 0 Å². The largest absolute Gasteiger partial charge is 0.493 e. The number of hydrogen-bond donors (Lipinski definition) is 1. The number of quaternary nitrogens is 1. The summed E-state index contributed by atoms with van der Waals surface area (Å²) in [5.74, 6) is -0.0249. The zero-order valence-corrected chi connectivity index (χ0v) is 14.4. The first-order chi connectivity index (χ1) is 10.8. The van der Waals surface area contributed by atoms with Crippen LogP contribution in [0, 0.1) is 0 Å². The minimum Gasteiger partial charge on any atom is -0.493 e. The fourth-order valence-electron chi connectivity index (χ4n) is 1.81. The van der Waals surface area contributed by atoms with E-state index in [4.69, 9.17) is 9.47 Å². The van der Waals surface area contributed by atoms with Crippen LogP contribution in [0.25, 0.3) is 0 Å². The lowest BCUT2D eigenvalue weighted by Gasteiger charge is -2.23. The van der Waals surface area contributed by atoms with E-state index in [1.165, 1.54) is 0 Å². The lowest BCUT2D eigenvalue weighted by atomic mass is 10.2. The highest BCUT2D eigenvalue weighted by atomic mass is 16.5. The van der Waals surface area contributed by atoms with Crippen molar-refractivity contribution in [3.8, 4) is 5.75 Å². The highest BCUT2D eigenvalue weighted by Crippen LogP contribution is 2.17. The van der Waals surface area contributed by atoms with E-state index < -0.39 is 0 Å². The third kappa shape index (κ3) is 7.65. The van der Waals surface area contributed by atoms with Crippen LogP contribution in [0.4, 0.5) is 0 Å². The van der Waals surface area contributed by atoms with Crippen LogP contribution in [0.1, 0.15) is 23.7 Å². The van der Waals surface area contributed by atoms with Crippen LogP contribution >= 0.6 is 0 Å². The third-order valence-corrected chi connectivity index (χ3v) is 3.07. The van der Waals surface area contributed by atoms with Gasteiger partial charge in [-0.05, 0) is 19.1 Å². The van der Waals surface area contributed by atoms with Crippen molar-refractivity contribution in [2.75, 3.05) is 47.4 Å². The second-order valence-electron chi connectivity index (χ2n) is 6.17. The zero-order chi connectivity index (χ0) is 17.3.